The van der Waals surface area contributed by atoms with Gasteiger partial charge in [-0.05, 0) is 49.4 Å². The highest BCUT2D eigenvalue weighted by atomic mass is 19.4. The van der Waals surface area contributed by atoms with E-state index in [1.807, 2.05) is 0 Å². The fourth-order valence-corrected chi connectivity index (χ4v) is 1.97. The maximum absolute atomic E-state index is 12.1. The lowest BCUT2D eigenvalue weighted by molar-refractivity contribution is -0.192. The first-order chi connectivity index (χ1) is 15.7. The third-order valence-electron chi connectivity index (χ3n) is 3.56. The summed E-state index contributed by atoms with van der Waals surface area (Å²) in [6.45, 7) is 0.983. The number of esters is 1. The first-order valence-corrected chi connectivity index (χ1v) is 8.95. The summed E-state index contributed by atoms with van der Waals surface area (Å²) in [5.41, 5.74) is 6.06. The number of amidine groups is 1. The molecule has 0 aliphatic heterocycles. The van der Waals surface area contributed by atoms with Crippen molar-refractivity contribution in [2.24, 2.45) is 5.73 Å². The number of furan rings is 1. The van der Waals surface area contributed by atoms with Crippen LogP contribution in [0.3, 0.4) is 0 Å². The van der Waals surface area contributed by atoms with Gasteiger partial charge in [0.2, 0.25) is 11.7 Å². The molecule has 0 bridgehead atoms. The number of aliphatic carboxylic acids is 2. The lowest BCUT2D eigenvalue weighted by Gasteiger charge is -2.03. The number of carboxylic acid groups (broad SMARTS) is 2. The van der Waals surface area contributed by atoms with E-state index < -0.39 is 36.5 Å². The lowest BCUT2D eigenvalue weighted by Crippen LogP contribution is -2.29. The zero-order valence-corrected chi connectivity index (χ0v) is 17.3. The largest absolute Gasteiger partial charge is 0.490 e. The maximum Gasteiger partial charge on any atom is 0.490 e. The third-order valence-corrected chi connectivity index (χ3v) is 3.56. The van der Waals surface area contributed by atoms with Gasteiger partial charge in [0.15, 0.2) is 0 Å². The molecule has 1 aromatic heterocycles. The van der Waals surface area contributed by atoms with Crippen molar-refractivity contribution in [3.8, 4) is 5.75 Å². The van der Waals surface area contributed by atoms with Crippen LogP contribution in [0, 0.1) is 5.41 Å². The van der Waals surface area contributed by atoms with Crippen molar-refractivity contribution < 1.29 is 51.7 Å². The van der Waals surface area contributed by atoms with Crippen LogP contribution in [0.4, 0.5) is 13.2 Å². The number of hydrogen-bond donors (Lipinski definition) is 5. The zero-order valence-electron chi connectivity index (χ0n) is 17.3. The van der Waals surface area contributed by atoms with Gasteiger partial charge in [-0.25, -0.2) is 9.59 Å². The Morgan fingerprint density at radius 3 is 2.15 bits per heavy atom. The number of ether oxygens (including phenoxy) is 1. The maximum atomic E-state index is 12.1. The van der Waals surface area contributed by atoms with E-state index >= 15 is 0 Å². The number of rotatable bonds is 7. The normalized spacial score (nSPS) is 11.0. The summed E-state index contributed by atoms with van der Waals surface area (Å²) in [6.07, 6.45) is -3.71. The van der Waals surface area contributed by atoms with Crippen molar-refractivity contribution in [3.05, 3.63) is 59.1 Å². The van der Waals surface area contributed by atoms with Gasteiger partial charge < -0.3 is 30.4 Å². The number of amides is 1. The molecule has 14 heteroatoms. The summed E-state index contributed by atoms with van der Waals surface area (Å²) >= 11 is 0. The van der Waals surface area contributed by atoms with Crippen molar-refractivity contribution in [2.45, 2.75) is 13.1 Å². The molecule has 2 aromatic rings. The summed E-state index contributed by atoms with van der Waals surface area (Å²) in [6, 6.07) is 8.94. The molecule has 0 radical (unpaired) electrons. The van der Waals surface area contributed by atoms with E-state index in [1.54, 1.807) is 12.1 Å². The Labute approximate surface area is 189 Å². The van der Waals surface area contributed by atoms with E-state index in [4.69, 9.17) is 35.3 Å². The van der Waals surface area contributed by atoms with Crippen molar-refractivity contribution in [1.29, 1.82) is 5.41 Å². The second-order valence-corrected chi connectivity index (χ2v) is 6.24. The molecular formula is C20H18F3N3O8. The molecule has 2 rings (SSSR count). The van der Waals surface area contributed by atoms with E-state index in [2.05, 4.69) is 5.32 Å². The Kier molecular flexibility index (Phi) is 9.55. The number of nitrogens with one attached hydrogen (secondary N) is 2. The minimum atomic E-state index is -5.08. The highest BCUT2D eigenvalue weighted by molar-refractivity contribution is 5.98. The van der Waals surface area contributed by atoms with Crippen LogP contribution in [0.1, 0.15) is 28.8 Å². The third kappa shape index (κ3) is 9.25. The van der Waals surface area contributed by atoms with Crippen LogP contribution in [0.15, 0.2) is 46.4 Å². The number of hydrogen-bond acceptors (Lipinski definition) is 7. The average Bonchev–Trinajstić information content (AvgIpc) is 3.20. The van der Waals surface area contributed by atoms with Gasteiger partial charge in [0, 0.05) is 11.1 Å². The topological polar surface area (TPSA) is 193 Å². The molecule has 0 atom stereocenters. The molecule has 0 spiro atoms. The van der Waals surface area contributed by atoms with Crippen molar-refractivity contribution in [1.82, 2.24) is 5.32 Å². The Morgan fingerprint density at radius 1 is 1.12 bits per heavy atom. The summed E-state index contributed by atoms with van der Waals surface area (Å²) in [4.78, 5) is 43.1. The van der Waals surface area contributed by atoms with Crippen molar-refractivity contribution in [3.63, 3.8) is 0 Å². The summed E-state index contributed by atoms with van der Waals surface area (Å²) in [5.74, 6) is -4.90. The standard InChI is InChI=1S/C18H17N3O6.C2HF3O2/c1-10(17(24)21-9-15(22)23)8-13-6-7-14(26-13)18(25)27-12-4-2-11(3-5-12)16(19)20;3-2(4,5)1(6)7/h2-8H,9H2,1H3,(H3,19,20)(H,21,24)(H,22,23);(H,6,7)/b10-8+;. The summed E-state index contributed by atoms with van der Waals surface area (Å²) in [5, 5.41) is 25.2. The molecule has 1 amide bonds. The van der Waals surface area contributed by atoms with Gasteiger partial charge in [0.05, 0.1) is 0 Å². The Hall–Kier alpha value is -4.62. The van der Waals surface area contributed by atoms with Gasteiger partial charge in [0.25, 0.3) is 0 Å². The van der Waals surface area contributed by atoms with Crippen LogP contribution in [0.2, 0.25) is 0 Å². The number of benzene rings is 1. The van der Waals surface area contributed by atoms with Crippen molar-refractivity contribution in [2.75, 3.05) is 6.54 Å². The predicted octanol–water partition coefficient (Wildman–Crippen LogP) is 2.02. The number of nitrogen functional groups attached to an aromatic ring is 1. The first kappa shape index (κ1) is 27.4. The number of nitrogens with two attached hydrogens (primary N) is 1. The number of carbonyl (C=O) groups excluding carboxylic acids is 2. The van der Waals surface area contributed by atoms with Gasteiger partial charge in [0.1, 0.15) is 23.9 Å². The van der Waals surface area contributed by atoms with E-state index in [1.165, 1.54) is 37.3 Å². The Bertz CT molecular complexity index is 1110. The molecule has 0 saturated heterocycles. The molecule has 0 saturated carbocycles. The van der Waals surface area contributed by atoms with E-state index in [0.29, 0.717) is 5.56 Å². The summed E-state index contributed by atoms with van der Waals surface area (Å²) < 4.78 is 42.2. The van der Waals surface area contributed by atoms with E-state index in [-0.39, 0.29) is 28.7 Å². The highest BCUT2D eigenvalue weighted by Gasteiger charge is 2.38. The smallest absolute Gasteiger partial charge is 0.480 e. The zero-order chi connectivity index (χ0) is 26.1. The Morgan fingerprint density at radius 2 is 1.68 bits per heavy atom. The molecule has 1 aromatic carbocycles. The fourth-order valence-electron chi connectivity index (χ4n) is 1.97. The van der Waals surface area contributed by atoms with Crippen LogP contribution in [0.5, 0.6) is 5.75 Å². The highest BCUT2D eigenvalue weighted by Crippen LogP contribution is 2.17. The van der Waals surface area contributed by atoms with Crippen LogP contribution < -0.4 is 15.8 Å². The van der Waals surface area contributed by atoms with Crippen molar-refractivity contribution >= 4 is 35.7 Å². The lowest BCUT2D eigenvalue weighted by atomic mass is 10.2. The van der Waals surface area contributed by atoms with Gasteiger partial charge in [-0.3, -0.25) is 15.0 Å². The van der Waals surface area contributed by atoms with Gasteiger partial charge in [-0.2, -0.15) is 13.2 Å². The molecule has 34 heavy (non-hydrogen) atoms. The number of carbonyl (C=O) groups is 4. The molecule has 0 fully saturated rings. The molecule has 0 aliphatic rings. The molecule has 1 heterocycles. The first-order valence-electron chi connectivity index (χ1n) is 8.95. The van der Waals surface area contributed by atoms with Crippen LogP contribution in [0.25, 0.3) is 6.08 Å². The number of alkyl halides is 3. The predicted molar refractivity (Wildman–Crippen MR) is 109 cm³/mol. The quantitative estimate of drug-likeness (QED) is 0.128. The van der Waals surface area contributed by atoms with Crippen LogP contribution in [-0.4, -0.2) is 52.6 Å². The second kappa shape index (κ2) is 11.8. The molecule has 6 N–H and O–H groups in total. The monoisotopic (exact) mass is 485 g/mol. The second-order valence-electron chi connectivity index (χ2n) is 6.24. The molecule has 11 nitrogen and oxygen atoms in total. The minimum absolute atomic E-state index is 0.0735. The van der Waals surface area contributed by atoms with Crippen LogP contribution >= 0.6 is 0 Å². The van der Waals surface area contributed by atoms with Gasteiger partial charge in [-0.1, -0.05) is 0 Å². The van der Waals surface area contributed by atoms with Gasteiger partial charge in [-0.15, -0.1) is 0 Å². The SMILES string of the molecule is C/C(=C\c1ccc(C(=O)Oc2ccc(C(=N)N)cc2)o1)C(=O)NCC(=O)O.O=C(O)C(F)(F)F. The number of halogens is 3. The minimum Gasteiger partial charge on any atom is -0.480 e. The molecule has 0 unspecified atom stereocenters. The molecule has 0 aliphatic carbocycles. The van der Waals surface area contributed by atoms with E-state index in [9.17, 15) is 27.6 Å². The van der Waals surface area contributed by atoms with Gasteiger partial charge >= 0.3 is 24.1 Å². The Balaban J connectivity index is 0.000000718. The number of carboxylic acids is 2. The van der Waals surface area contributed by atoms with Crippen LogP contribution in [-0.2, 0) is 14.4 Å². The average molecular weight is 485 g/mol. The molecule has 182 valence electrons. The fraction of sp³-hybridized carbons (Fsp3) is 0.150. The van der Waals surface area contributed by atoms with E-state index in [0.717, 1.165) is 0 Å². The molecular weight excluding hydrogens is 467 g/mol. The summed E-state index contributed by atoms with van der Waals surface area (Å²) in [7, 11) is 0.